The number of benzene rings is 1. The lowest BCUT2D eigenvalue weighted by Crippen LogP contribution is -2.24. The number of halogens is 4. The van der Waals surface area contributed by atoms with E-state index < -0.39 is 11.6 Å². The van der Waals surface area contributed by atoms with Gasteiger partial charge in [-0.25, -0.2) is 13.8 Å². The Morgan fingerprint density at radius 2 is 2.07 bits per heavy atom. The molecule has 0 unspecified atom stereocenters. The molecule has 1 N–H and O–H groups in total. The Morgan fingerprint density at radius 1 is 1.31 bits per heavy atom. The fraction of sp³-hybridized carbons (Fsp3) is 0.150. The van der Waals surface area contributed by atoms with Gasteiger partial charge in [0.25, 0.3) is 0 Å². The minimum Gasteiger partial charge on any atom is -0.434 e. The summed E-state index contributed by atoms with van der Waals surface area (Å²) in [6, 6.07) is 2.86. The fourth-order valence-corrected chi connectivity index (χ4v) is 2.54. The third kappa shape index (κ3) is 5.85. The molecule has 0 aromatic heterocycles. The van der Waals surface area contributed by atoms with Gasteiger partial charge in [-0.1, -0.05) is 24.6 Å². The van der Waals surface area contributed by atoms with E-state index in [4.69, 9.17) is 33.3 Å². The van der Waals surface area contributed by atoms with Crippen LogP contribution in [0.2, 0.25) is 0 Å². The zero-order chi connectivity index (χ0) is 21.4. The van der Waals surface area contributed by atoms with E-state index >= 15 is 0 Å². The molecule has 1 aliphatic rings. The van der Waals surface area contributed by atoms with Crippen LogP contribution in [0, 0.1) is 17.0 Å². The van der Waals surface area contributed by atoms with Gasteiger partial charge in [0, 0.05) is 22.7 Å². The van der Waals surface area contributed by atoms with Crippen molar-refractivity contribution in [2.24, 2.45) is 5.10 Å². The Labute approximate surface area is 176 Å². The maximum absolute atomic E-state index is 13.8. The Kier molecular flexibility index (Phi) is 8.30. The van der Waals surface area contributed by atoms with E-state index in [-0.39, 0.29) is 17.5 Å². The van der Waals surface area contributed by atoms with Gasteiger partial charge in [-0.05, 0) is 36.3 Å². The van der Waals surface area contributed by atoms with Crippen LogP contribution in [-0.4, -0.2) is 29.4 Å². The molecule has 29 heavy (non-hydrogen) atoms. The van der Waals surface area contributed by atoms with Crippen molar-refractivity contribution in [2.45, 2.75) is 13.3 Å². The van der Waals surface area contributed by atoms with E-state index in [1.54, 1.807) is 12.2 Å². The highest BCUT2D eigenvalue weighted by Gasteiger charge is 2.19. The summed E-state index contributed by atoms with van der Waals surface area (Å²) in [4.78, 5) is 11.8. The van der Waals surface area contributed by atoms with E-state index in [0.717, 1.165) is 23.5 Å². The molecule has 0 amide bonds. The van der Waals surface area contributed by atoms with Gasteiger partial charge in [-0.2, -0.15) is 0 Å². The molecule has 1 aromatic carbocycles. The van der Waals surface area contributed by atoms with Crippen molar-refractivity contribution in [3.8, 4) is 5.75 Å². The van der Waals surface area contributed by atoms with Gasteiger partial charge < -0.3 is 4.74 Å². The summed E-state index contributed by atoms with van der Waals surface area (Å²) in [5.74, 6) is -1.76. The second-order valence-electron chi connectivity index (χ2n) is 5.63. The molecule has 152 valence electrons. The highest BCUT2D eigenvalue weighted by molar-refractivity contribution is 6.35. The SMILES string of the molecule is CCC(=C\C=C(\Cl)CCl)/C(C=O)=C1\C=CC(Oc2ccc(F)cc2F)=NN1C=N. The number of hydrazone groups is 1. The largest absolute Gasteiger partial charge is 0.434 e. The summed E-state index contributed by atoms with van der Waals surface area (Å²) in [5.41, 5.74) is 1.27. The molecule has 1 aromatic rings. The first-order chi connectivity index (χ1) is 13.9. The zero-order valence-electron chi connectivity index (χ0n) is 15.3. The summed E-state index contributed by atoms with van der Waals surface area (Å²) in [7, 11) is 0. The molecule has 1 heterocycles. The average molecular weight is 440 g/mol. The average Bonchev–Trinajstić information content (AvgIpc) is 2.73. The first-order valence-corrected chi connectivity index (χ1v) is 9.35. The molecule has 0 atom stereocenters. The number of nitrogens with one attached hydrogen (secondary N) is 1. The number of nitrogens with zero attached hydrogens (tertiary/aromatic N) is 2. The zero-order valence-corrected chi connectivity index (χ0v) is 16.8. The number of carbonyl (C=O) groups is 1. The van der Waals surface area contributed by atoms with Crippen LogP contribution < -0.4 is 4.74 Å². The van der Waals surface area contributed by atoms with Gasteiger partial charge in [0.05, 0.1) is 11.6 Å². The predicted molar refractivity (Wildman–Crippen MR) is 110 cm³/mol. The van der Waals surface area contributed by atoms with Gasteiger partial charge >= 0.3 is 0 Å². The normalized spacial score (nSPS) is 16.4. The fourth-order valence-electron chi connectivity index (χ4n) is 2.39. The molecular formula is C20H17Cl2F2N3O2. The Balaban J connectivity index is 2.38. The molecule has 0 radical (unpaired) electrons. The summed E-state index contributed by atoms with van der Waals surface area (Å²) >= 11 is 11.6. The monoisotopic (exact) mass is 439 g/mol. The molecule has 0 bridgehead atoms. The lowest BCUT2D eigenvalue weighted by Gasteiger charge is -2.22. The predicted octanol–water partition coefficient (Wildman–Crippen LogP) is 5.29. The van der Waals surface area contributed by atoms with Gasteiger partial charge in [-0.3, -0.25) is 10.2 Å². The molecule has 9 heteroatoms. The molecule has 0 aliphatic carbocycles. The quantitative estimate of drug-likeness (QED) is 0.157. The standard InChI is InChI=1S/C20H17Cl2F2N3O2/c1-2-13(3-4-14(22)10-21)16(11-28)18-6-8-20(26-27(18)12-25)29-19-7-5-15(23)9-17(19)24/h3-9,11-12,25H,2,10H2,1H3/b13-3+,14-4+,18-16+,25-12?. The van der Waals surface area contributed by atoms with Crippen LogP contribution in [-0.2, 0) is 4.79 Å². The second-order valence-corrected chi connectivity index (χ2v) is 6.38. The van der Waals surface area contributed by atoms with Crippen LogP contribution >= 0.6 is 23.2 Å². The minimum absolute atomic E-state index is 0.0416. The molecule has 5 nitrogen and oxygen atoms in total. The highest BCUT2D eigenvalue weighted by Crippen LogP contribution is 2.24. The van der Waals surface area contributed by atoms with Crippen LogP contribution in [0.5, 0.6) is 5.75 Å². The van der Waals surface area contributed by atoms with Crippen LogP contribution in [0.3, 0.4) is 0 Å². The van der Waals surface area contributed by atoms with E-state index in [9.17, 15) is 13.6 Å². The van der Waals surface area contributed by atoms with Crippen LogP contribution in [0.1, 0.15) is 13.3 Å². The minimum atomic E-state index is -0.892. The maximum Gasteiger partial charge on any atom is 0.237 e. The number of carbonyl (C=O) groups excluding carboxylic acids is 1. The van der Waals surface area contributed by atoms with E-state index in [1.807, 2.05) is 6.92 Å². The maximum atomic E-state index is 13.8. The van der Waals surface area contributed by atoms with Gasteiger partial charge in [0.1, 0.15) is 12.2 Å². The smallest absolute Gasteiger partial charge is 0.237 e. The van der Waals surface area contributed by atoms with Gasteiger partial charge in [0.2, 0.25) is 5.90 Å². The number of aldehydes is 1. The summed E-state index contributed by atoms with van der Waals surface area (Å²) < 4.78 is 32.1. The number of hydrogen-bond donors (Lipinski definition) is 1. The van der Waals surface area contributed by atoms with Crippen molar-refractivity contribution >= 4 is 41.7 Å². The van der Waals surface area contributed by atoms with Gasteiger partial charge in [-0.15, -0.1) is 16.7 Å². The van der Waals surface area contributed by atoms with Crippen molar-refractivity contribution in [3.63, 3.8) is 0 Å². The molecule has 0 saturated heterocycles. The Bertz CT molecular complexity index is 953. The number of alkyl halides is 1. The van der Waals surface area contributed by atoms with E-state index in [2.05, 4.69) is 5.10 Å². The number of hydrogen-bond acceptors (Lipinski definition) is 4. The third-order valence-electron chi connectivity index (χ3n) is 3.78. The molecule has 1 aliphatic heterocycles. The summed E-state index contributed by atoms with van der Waals surface area (Å²) in [5, 5.41) is 13.2. The van der Waals surface area contributed by atoms with E-state index in [1.165, 1.54) is 12.2 Å². The Morgan fingerprint density at radius 3 is 2.66 bits per heavy atom. The topological polar surface area (TPSA) is 65.8 Å². The Hall–Kier alpha value is -2.77. The van der Waals surface area contributed by atoms with Crippen LogP contribution in [0.4, 0.5) is 8.78 Å². The second kappa shape index (κ2) is 10.7. The molecule has 0 fully saturated rings. The molecule has 2 rings (SSSR count). The first-order valence-electron chi connectivity index (χ1n) is 8.43. The third-order valence-corrected chi connectivity index (χ3v) is 4.47. The van der Waals surface area contributed by atoms with Crippen molar-refractivity contribution in [1.29, 1.82) is 5.41 Å². The highest BCUT2D eigenvalue weighted by atomic mass is 35.5. The molecule has 0 spiro atoms. The van der Waals surface area contributed by atoms with Crippen molar-refractivity contribution < 1.29 is 18.3 Å². The van der Waals surface area contributed by atoms with Crippen molar-refractivity contribution in [1.82, 2.24) is 5.01 Å². The summed E-state index contributed by atoms with van der Waals surface area (Å²) in [6.07, 6.45) is 8.21. The van der Waals surface area contributed by atoms with Crippen LogP contribution in [0.15, 0.2) is 69.5 Å². The summed E-state index contributed by atoms with van der Waals surface area (Å²) in [6.45, 7) is 1.86. The first kappa shape index (κ1) is 22.5. The van der Waals surface area contributed by atoms with E-state index in [0.29, 0.717) is 40.6 Å². The molecule has 0 saturated carbocycles. The lowest BCUT2D eigenvalue weighted by molar-refractivity contribution is -0.104. The van der Waals surface area contributed by atoms with Crippen LogP contribution in [0.25, 0.3) is 0 Å². The molecular weight excluding hydrogens is 423 g/mol. The number of rotatable bonds is 7. The van der Waals surface area contributed by atoms with Crippen molar-refractivity contribution in [2.75, 3.05) is 5.88 Å². The lowest BCUT2D eigenvalue weighted by atomic mass is 10.0. The van der Waals surface area contributed by atoms with Gasteiger partial charge in [0.15, 0.2) is 17.9 Å². The number of ether oxygens (including phenoxy) is 1. The number of allylic oxidation sites excluding steroid dienone is 6. The van der Waals surface area contributed by atoms with Crippen molar-refractivity contribution in [3.05, 3.63) is 76.0 Å².